The molecule has 0 aliphatic heterocycles. The Bertz CT molecular complexity index is 366. The van der Waals surface area contributed by atoms with Gasteiger partial charge in [0.25, 0.3) is 0 Å². The van der Waals surface area contributed by atoms with E-state index in [1.54, 1.807) is 12.3 Å². The number of nitrogens with zero attached hydrogens (tertiary/aromatic N) is 2. The minimum absolute atomic E-state index is 0.0145. The molecule has 1 aliphatic rings. The Morgan fingerprint density at radius 2 is 2.31 bits per heavy atom. The first-order valence-electron chi connectivity index (χ1n) is 5.67. The summed E-state index contributed by atoms with van der Waals surface area (Å²) in [6, 6.07) is 1.78. The zero-order valence-corrected chi connectivity index (χ0v) is 10.2. The van der Waals surface area contributed by atoms with Crippen LogP contribution in [0.4, 0.5) is 5.82 Å². The summed E-state index contributed by atoms with van der Waals surface area (Å²) in [6.07, 6.45) is 5.66. The van der Waals surface area contributed by atoms with E-state index in [1.807, 2.05) is 7.05 Å². The molecule has 2 rings (SSSR count). The predicted molar refractivity (Wildman–Crippen MR) is 65.8 cm³/mol. The quantitative estimate of drug-likeness (QED) is 0.879. The van der Waals surface area contributed by atoms with E-state index >= 15 is 0 Å². The van der Waals surface area contributed by atoms with E-state index in [1.165, 1.54) is 19.3 Å². The summed E-state index contributed by atoms with van der Waals surface area (Å²) >= 11 is 6.13. The minimum Gasteiger partial charge on any atom is -0.392 e. The van der Waals surface area contributed by atoms with E-state index in [0.29, 0.717) is 5.02 Å². The maximum Gasteiger partial charge on any atom is 0.147 e. The Morgan fingerprint density at radius 1 is 1.56 bits per heavy atom. The van der Waals surface area contributed by atoms with Crippen molar-refractivity contribution in [3.8, 4) is 0 Å². The smallest absolute Gasteiger partial charge is 0.147 e. The molecule has 0 unspecified atom stereocenters. The molecule has 88 valence electrons. The van der Waals surface area contributed by atoms with Gasteiger partial charge in [0.1, 0.15) is 5.82 Å². The van der Waals surface area contributed by atoms with Gasteiger partial charge in [0, 0.05) is 19.8 Å². The van der Waals surface area contributed by atoms with Crippen molar-refractivity contribution in [1.29, 1.82) is 0 Å². The molecular formula is C12H17ClN2O. The van der Waals surface area contributed by atoms with Crippen molar-refractivity contribution in [3.05, 3.63) is 22.8 Å². The number of anilines is 1. The van der Waals surface area contributed by atoms with Crippen molar-refractivity contribution in [3.63, 3.8) is 0 Å². The highest BCUT2D eigenvalue weighted by Gasteiger charge is 2.20. The lowest BCUT2D eigenvalue weighted by Crippen LogP contribution is -2.30. The van der Waals surface area contributed by atoms with Crippen LogP contribution in [0.1, 0.15) is 24.8 Å². The predicted octanol–water partition coefficient (Wildman–Crippen LogP) is 2.46. The van der Waals surface area contributed by atoms with Gasteiger partial charge in [-0.3, -0.25) is 0 Å². The molecule has 0 bridgehead atoms. The van der Waals surface area contributed by atoms with Crippen LogP contribution in [0.2, 0.25) is 5.02 Å². The molecule has 1 N–H and O–H groups in total. The highest BCUT2D eigenvalue weighted by molar-refractivity contribution is 6.33. The zero-order valence-electron chi connectivity index (χ0n) is 9.49. The molecule has 1 aromatic rings. The first-order chi connectivity index (χ1) is 7.70. The molecule has 0 amide bonds. The molecule has 3 nitrogen and oxygen atoms in total. The van der Waals surface area contributed by atoms with Gasteiger partial charge in [-0.15, -0.1) is 0 Å². The van der Waals surface area contributed by atoms with Gasteiger partial charge in [0.05, 0.1) is 11.6 Å². The second kappa shape index (κ2) is 5.02. The first kappa shape index (κ1) is 11.7. The normalized spacial score (nSPS) is 15.9. The number of aromatic nitrogens is 1. The maximum atomic E-state index is 8.97. The van der Waals surface area contributed by atoms with Gasteiger partial charge in [-0.1, -0.05) is 18.0 Å². The molecule has 0 spiro atoms. The molecular weight excluding hydrogens is 224 g/mol. The first-order valence-corrected chi connectivity index (χ1v) is 6.05. The van der Waals surface area contributed by atoms with Crippen molar-refractivity contribution in [2.24, 2.45) is 5.92 Å². The van der Waals surface area contributed by atoms with Gasteiger partial charge in [-0.05, 0) is 30.4 Å². The van der Waals surface area contributed by atoms with Crippen LogP contribution in [0.3, 0.4) is 0 Å². The lowest BCUT2D eigenvalue weighted by atomic mass is 9.85. The topological polar surface area (TPSA) is 36.4 Å². The Morgan fingerprint density at radius 3 is 2.81 bits per heavy atom. The highest BCUT2D eigenvalue weighted by Crippen LogP contribution is 2.30. The third-order valence-corrected chi connectivity index (χ3v) is 3.46. The average molecular weight is 241 g/mol. The van der Waals surface area contributed by atoms with Crippen LogP contribution in [-0.4, -0.2) is 23.7 Å². The summed E-state index contributed by atoms with van der Waals surface area (Å²) in [7, 11) is 2.02. The second-order valence-electron chi connectivity index (χ2n) is 4.48. The fraction of sp³-hybridized carbons (Fsp3) is 0.583. The van der Waals surface area contributed by atoms with Crippen molar-refractivity contribution in [2.75, 3.05) is 18.5 Å². The standard InChI is InChI=1S/C12H17ClN2O/c1-15(7-9-3-2-4-9)12-11(13)5-10(8-16)6-14-12/h5-6,9,16H,2-4,7-8H2,1H3. The fourth-order valence-corrected chi connectivity index (χ4v) is 2.32. The molecule has 4 heteroatoms. The summed E-state index contributed by atoms with van der Waals surface area (Å²) < 4.78 is 0. The van der Waals surface area contributed by atoms with Crippen LogP contribution in [0.15, 0.2) is 12.3 Å². The number of hydrogen-bond donors (Lipinski definition) is 1. The largest absolute Gasteiger partial charge is 0.392 e. The number of aliphatic hydroxyl groups excluding tert-OH is 1. The van der Waals surface area contributed by atoms with Gasteiger partial charge in [-0.2, -0.15) is 0 Å². The van der Waals surface area contributed by atoms with Gasteiger partial charge in [0.2, 0.25) is 0 Å². The molecule has 1 aliphatic carbocycles. The number of rotatable bonds is 4. The molecule has 1 saturated carbocycles. The van der Waals surface area contributed by atoms with E-state index in [9.17, 15) is 0 Å². The molecule has 1 aromatic heterocycles. The molecule has 0 saturated heterocycles. The SMILES string of the molecule is CN(CC1CCC1)c1ncc(CO)cc1Cl. The van der Waals surface area contributed by atoms with Crippen LogP contribution < -0.4 is 4.90 Å². The summed E-state index contributed by atoms with van der Waals surface area (Å²) in [5, 5.41) is 9.59. The Hall–Kier alpha value is -0.800. The Balaban J connectivity index is 2.06. The second-order valence-corrected chi connectivity index (χ2v) is 4.89. The van der Waals surface area contributed by atoms with E-state index in [-0.39, 0.29) is 6.61 Å². The maximum absolute atomic E-state index is 8.97. The Kier molecular flexibility index (Phi) is 3.66. The number of pyridine rings is 1. The van der Waals surface area contributed by atoms with Crippen LogP contribution in [0, 0.1) is 5.92 Å². The zero-order chi connectivity index (χ0) is 11.5. The lowest BCUT2D eigenvalue weighted by molar-refractivity contribution is 0.281. The number of halogens is 1. The third-order valence-electron chi connectivity index (χ3n) is 3.18. The summed E-state index contributed by atoms with van der Waals surface area (Å²) in [5.74, 6) is 1.60. The van der Waals surface area contributed by atoms with Crippen molar-refractivity contribution < 1.29 is 5.11 Å². The van der Waals surface area contributed by atoms with E-state index in [0.717, 1.165) is 23.8 Å². The summed E-state index contributed by atoms with van der Waals surface area (Å²) in [4.78, 5) is 6.40. The van der Waals surface area contributed by atoms with Crippen LogP contribution in [0.5, 0.6) is 0 Å². The van der Waals surface area contributed by atoms with Gasteiger partial charge < -0.3 is 10.0 Å². The molecule has 0 aromatic carbocycles. The molecule has 0 atom stereocenters. The lowest BCUT2D eigenvalue weighted by Gasteiger charge is -2.31. The number of hydrogen-bond acceptors (Lipinski definition) is 3. The highest BCUT2D eigenvalue weighted by atomic mass is 35.5. The monoisotopic (exact) mass is 240 g/mol. The van der Waals surface area contributed by atoms with E-state index in [4.69, 9.17) is 16.7 Å². The van der Waals surface area contributed by atoms with Crippen LogP contribution in [-0.2, 0) is 6.61 Å². The van der Waals surface area contributed by atoms with Gasteiger partial charge in [-0.25, -0.2) is 4.98 Å². The minimum atomic E-state index is -0.0145. The van der Waals surface area contributed by atoms with Crippen molar-refractivity contribution in [1.82, 2.24) is 4.98 Å². The Labute approximate surface area is 101 Å². The van der Waals surface area contributed by atoms with Crippen molar-refractivity contribution in [2.45, 2.75) is 25.9 Å². The van der Waals surface area contributed by atoms with Crippen LogP contribution in [0.25, 0.3) is 0 Å². The van der Waals surface area contributed by atoms with Gasteiger partial charge in [0.15, 0.2) is 0 Å². The fourth-order valence-electron chi connectivity index (χ4n) is 1.99. The third kappa shape index (κ3) is 2.47. The van der Waals surface area contributed by atoms with E-state index < -0.39 is 0 Å². The molecule has 1 heterocycles. The average Bonchev–Trinajstić information content (AvgIpc) is 2.23. The molecule has 16 heavy (non-hydrogen) atoms. The van der Waals surface area contributed by atoms with E-state index in [2.05, 4.69) is 9.88 Å². The van der Waals surface area contributed by atoms with Crippen LogP contribution >= 0.6 is 11.6 Å². The van der Waals surface area contributed by atoms with Crippen molar-refractivity contribution >= 4 is 17.4 Å². The number of aliphatic hydroxyl groups is 1. The molecule has 1 fully saturated rings. The van der Waals surface area contributed by atoms with Gasteiger partial charge >= 0.3 is 0 Å². The summed E-state index contributed by atoms with van der Waals surface area (Å²) in [6.45, 7) is 1.00. The molecule has 0 radical (unpaired) electrons. The summed E-state index contributed by atoms with van der Waals surface area (Å²) in [5.41, 5.74) is 0.755.